The molecule has 1 aromatic carbocycles. The summed E-state index contributed by atoms with van der Waals surface area (Å²) in [5, 5.41) is 13.8. The van der Waals surface area contributed by atoms with Crippen molar-refractivity contribution in [1.29, 1.82) is 0 Å². The molecule has 4 N–H and O–H groups in total. The Hall–Kier alpha value is -1.63. The van der Waals surface area contributed by atoms with Gasteiger partial charge in [0.25, 0.3) is 0 Å². The molecule has 1 unspecified atom stereocenters. The molecule has 0 saturated heterocycles. The molecule has 0 bridgehead atoms. The van der Waals surface area contributed by atoms with Gasteiger partial charge in [-0.3, -0.25) is 4.79 Å². The Labute approximate surface area is 112 Å². The van der Waals surface area contributed by atoms with Gasteiger partial charge in [-0.1, -0.05) is 18.1 Å². The topological polar surface area (TPSA) is 87.7 Å². The van der Waals surface area contributed by atoms with Crippen LogP contribution >= 0.6 is 15.9 Å². The van der Waals surface area contributed by atoms with E-state index in [1.54, 1.807) is 13.0 Å². The van der Waals surface area contributed by atoms with Crippen LogP contribution in [0.4, 0.5) is 10.1 Å². The number of carbonyl (C=O) groups excluding carboxylic acids is 1. The fourth-order valence-electron chi connectivity index (χ4n) is 1.43. The second-order valence-electron chi connectivity index (χ2n) is 3.57. The first kappa shape index (κ1) is 14.4. The number of oxime groups is 1. The van der Waals surface area contributed by atoms with Crippen molar-refractivity contribution in [3.8, 4) is 0 Å². The number of carbonyl (C=O) groups is 1. The zero-order valence-corrected chi connectivity index (χ0v) is 11.2. The molecule has 7 heteroatoms. The first-order chi connectivity index (χ1) is 8.51. The first-order valence-corrected chi connectivity index (χ1v) is 6.02. The number of nitrogens with one attached hydrogen (secondary N) is 1. The quantitative estimate of drug-likeness (QED) is 0.344. The van der Waals surface area contributed by atoms with Crippen LogP contribution in [0.5, 0.6) is 0 Å². The maximum atomic E-state index is 13.5. The summed E-state index contributed by atoms with van der Waals surface area (Å²) in [7, 11) is 0. The Balaban J connectivity index is 2.94. The Morgan fingerprint density at radius 1 is 1.67 bits per heavy atom. The van der Waals surface area contributed by atoms with Gasteiger partial charge in [-0.05, 0) is 34.5 Å². The number of amidine groups is 1. The molecule has 0 radical (unpaired) electrons. The largest absolute Gasteiger partial charge is 0.409 e. The molecular formula is C11H13BrFN3O2. The van der Waals surface area contributed by atoms with E-state index < -0.39 is 17.6 Å². The Morgan fingerprint density at radius 3 is 2.83 bits per heavy atom. The Bertz CT molecular complexity index is 459. The van der Waals surface area contributed by atoms with Crippen LogP contribution in [-0.4, -0.2) is 17.0 Å². The van der Waals surface area contributed by atoms with Crippen molar-refractivity contribution in [2.75, 3.05) is 5.32 Å². The molecule has 98 valence electrons. The van der Waals surface area contributed by atoms with Gasteiger partial charge in [-0.25, -0.2) is 4.39 Å². The molecule has 1 aromatic rings. The summed E-state index contributed by atoms with van der Waals surface area (Å²) in [5.74, 6) is -2.10. The number of benzene rings is 1. The highest BCUT2D eigenvalue weighted by Gasteiger charge is 2.22. The standard InChI is InChI=1S/C11H13BrFN3O2/c1-2-6(10(14)16-18)11(17)15-9-7(12)4-3-5-8(9)13/h3-6,18H,2H2,1H3,(H2,14,16)(H,15,17). The minimum Gasteiger partial charge on any atom is -0.409 e. The summed E-state index contributed by atoms with van der Waals surface area (Å²) >= 11 is 3.14. The maximum absolute atomic E-state index is 13.5. The predicted octanol–water partition coefficient (Wildman–Crippen LogP) is 2.30. The monoisotopic (exact) mass is 317 g/mol. The van der Waals surface area contributed by atoms with E-state index in [4.69, 9.17) is 10.9 Å². The number of para-hydroxylation sites is 1. The molecular weight excluding hydrogens is 305 g/mol. The lowest BCUT2D eigenvalue weighted by Crippen LogP contribution is -2.34. The van der Waals surface area contributed by atoms with E-state index in [1.165, 1.54) is 12.1 Å². The predicted molar refractivity (Wildman–Crippen MR) is 69.9 cm³/mol. The second kappa shape index (κ2) is 6.34. The molecule has 0 aliphatic heterocycles. The van der Waals surface area contributed by atoms with Crippen LogP contribution in [0.3, 0.4) is 0 Å². The van der Waals surface area contributed by atoms with Crippen LogP contribution in [0, 0.1) is 11.7 Å². The fraction of sp³-hybridized carbons (Fsp3) is 0.273. The molecule has 18 heavy (non-hydrogen) atoms. The average Bonchev–Trinajstić information content (AvgIpc) is 2.34. The lowest BCUT2D eigenvalue weighted by Gasteiger charge is -2.14. The molecule has 0 saturated carbocycles. The first-order valence-electron chi connectivity index (χ1n) is 5.23. The molecule has 0 aliphatic rings. The minimum absolute atomic E-state index is 0.0340. The van der Waals surface area contributed by atoms with Crippen molar-refractivity contribution in [2.45, 2.75) is 13.3 Å². The van der Waals surface area contributed by atoms with Gasteiger partial charge in [0.2, 0.25) is 5.91 Å². The van der Waals surface area contributed by atoms with Crippen molar-refractivity contribution >= 4 is 33.4 Å². The Kier molecular flexibility index (Phi) is 5.08. The molecule has 0 fully saturated rings. The number of halogens is 2. The fourth-order valence-corrected chi connectivity index (χ4v) is 1.87. The van der Waals surface area contributed by atoms with Crippen molar-refractivity contribution in [3.63, 3.8) is 0 Å². The highest BCUT2D eigenvalue weighted by Crippen LogP contribution is 2.25. The lowest BCUT2D eigenvalue weighted by atomic mass is 10.0. The number of nitrogens with two attached hydrogens (primary N) is 1. The van der Waals surface area contributed by atoms with Gasteiger partial charge < -0.3 is 16.3 Å². The van der Waals surface area contributed by atoms with Crippen molar-refractivity contribution < 1.29 is 14.4 Å². The van der Waals surface area contributed by atoms with Crippen molar-refractivity contribution in [1.82, 2.24) is 0 Å². The summed E-state index contributed by atoms with van der Waals surface area (Å²) in [6.45, 7) is 1.71. The van der Waals surface area contributed by atoms with E-state index in [9.17, 15) is 9.18 Å². The molecule has 0 heterocycles. The van der Waals surface area contributed by atoms with Crippen LogP contribution in [0.15, 0.2) is 27.8 Å². The second-order valence-corrected chi connectivity index (χ2v) is 4.43. The van der Waals surface area contributed by atoms with E-state index in [0.717, 1.165) is 0 Å². The van der Waals surface area contributed by atoms with Gasteiger partial charge in [-0.15, -0.1) is 0 Å². The number of hydrogen-bond acceptors (Lipinski definition) is 3. The molecule has 1 rings (SSSR count). The molecule has 0 aliphatic carbocycles. The van der Waals surface area contributed by atoms with Crippen molar-refractivity contribution in [3.05, 3.63) is 28.5 Å². The van der Waals surface area contributed by atoms with Crippen molar-refractivity contribution in [2.24, 2.45) is 16.8 Å². The minimum atomic E-state index is -0.804. The average molecular weight is 318 g/mol. The van der Waals surface area contributed by atoms with Crippen LogP contribution in [0.2, 0.25) is 0 Å². The number of amides is 1. The molecule has 0 aromatic heterocycles. The maximum Gasteiger partial charge on any atom is 0.235 e. The van der Waals surface area contributed by atoms with Gasteiger partial charge in [0.05, 0.1) is 11.6 Å². The summed E-state index contributed by atoms with van der Waals surface area (Å²) in [6.07, 6.45) is 0.341. The Morgan fingerprint density at radius 2 is 2.33 bits per heavy atom. The molecule has 5 nitrogen and oxygen atoms in total. The van der Waals surface area contributed by atoms with Gasteiger partial charge in [0, 0.05) is 4.47 Å². The number of hydrogen-bond donors (Lipinski definition) is 3. The van der Waals surface area contributed by atoms with Crippen LogP contribution in [0.1, 0.15) is 13.3 Å². The summed E-state index contributed by atoms with van der Waals surface area (Å²) in [6, 6.07) is 4.34. The van der Waals surface area contributed by atoms with E-state index in [0.29, 0.717) is 10.9 Å². The van der Waals surface area contributed by atoms with Gasteiger partial charge >= 0.3 is 0 Å². The van der Waals surface area contributed by atoms with Gasteiger partial charge in [0.1, 0.15) is 5.82 Å². The van der Waals surface area contributed by atoms with Crippen LogP contribution in [0.25, 0.3) is 0 Å². The molecule has 1 atom stereocenters. The summed E-state index contributed by atoms with van der Waals surface area (Å²) in [5.41, 5.74) is 5.43. The van der Waals surface area contributed by atoms with E-state index in [2.05, 4.69) is 26.4 Å². The zero-order valence-electron chi connectivity index (χ0n) is 9.65. The molecule has 1 amide bonds. The number of rotatable bonds is 4. The lowest BCUT2D eigenvalue weighted by molar-refractivity contribution is -0.118. The normalized spacial score (nSPS) is 13.2. The third kappa shape index (κ3) is 3.19. The number of anilines is 1. The van der Waals surface area contributed by atoms with E-state index in [-0.39, 0.29) is 11.5 Å². The van der Waals surface area contributed by atoms with E-state index >= 15 is 0 Å². The van der Waals surface area contributed by atoms with Gasteiger partial charge in [0.15, 0.2) is 5.84 Å². The summed E-state index contributed by atoms with van der Waals surface area (Å²) in [4.78, 5) is 11.9. The zero-order chi connectivity index (χ0) is 13.7. The van der Waals surface area contributed by atoms with Crippen LogP contribution < -0.4 is 11.1 Å². The smallest absolute Gasteiger partial charge is 0.235 e. The van der Waals surface area contributed by atoms with Crippen LogP contribution in [-0.2, 0) is 4.79 Å². The number of nitrogens with zero attached hydrogens (tertiary/aromatic N) is 1. The highest BCUT2D eigenvalue weighted by molar-refractivity contribution is 9.10. The van der Waals surface area contributed by atoms with Gasteiger partial charge in [-0.2, -0.15) is 0 Å². The molecule has 0 spiro atoms. The summed E-state index contributed by atoms with van der Waals surface area (Å²) < 4.78 is 13.9. The highest BCUT2D eigenvalue weighted by atomic mass is 79.9. The third-order valence-electron chi connectivity index (χ3n) is 2.41. The SMILES string of the molecule is CCC(C(=O)Nc1c(F)cccc1Br)/C(N)=N/O. The van der Waals surface area contributed by atoms with E-state index in [1.807, 2.05) is 0 Å². The third-order valence-corrected chi connectivity index (χ3v) is 3.07.